The highest BCUT2D eigenvalue weighted by atomic mass is 35.5. The number of ether oxygens (including phenoxy) is 2. The van der Waals surface area contributed by atoms with Gasteiger partial charge in [-0.05, 0) is 49.1 Å². The smallest absolute Gasteiger partial charge is 0.273 e. The zero-order valence-electron chi connectivity index (χ0n) is 18.7. The molecule has 2 aliphatic rings. The maximum Gasteiger partial charge on any atom is 0.273 e. The maximum atomic E-state index is 13.5. The van der Waals surface area contributed by atoms with E-state index in [4.69, 9.17) is 21.1 Å². The number of nitrogens with one attached hydrogen (secondary N) is 1. The van der Waals surface area contributed by atoms with Gasteiger partial charge in [0.15, 0.2) is 0 Å². The lowest BCUT2D eigenvalue weighted by atomic mass is 9.96. The van der Waals surface area contributed by atoms with Gasteiger partial charge in [-0.1, -0.05) is 49.2 Å². The Hall–Kier alpha value is -2.83. The van der Waals surface area contributed by atoms with E-state index in [1.807, 2.05) is 41.3 Å². The van der Waals surface area contributed by atoms with Crippen LogP contribution >= 0.6 is 11.6 Å². The Morgan fingerprint density at radius 3 is 2.67 bits per heavy atom. The van der Waals surface area contributed by atoms with E-state index in [2.05, 4.69) is 29.3 Å². The Labute approximate surface area is 198 Å². The molecule has 7 heteroatoms. The summed E-state index contributed by atoms with van der Waals surface area (Å²) in [4.78, 5) is 15.4. The minimum atomic E-state index is -0.245. The molecule has 0 radical (unpaired) electrons. The summed E-state index contributed by atoms with van der Waals surface area (Å²) in [6.45, 7) is 4.16. The third-order valence-corrected chi connectivity index (χ3v) is 6.62. The van der Waals surface area contributed by atoms with Crippen molar-refractivity contribution in [2.75, 3.05) is 19.8 Å². The van der Waals surface area contributed by atoms with E-state index in [-0.39, 0.29) is 18.1 Å². The third-order valence-electron chi connectivity index (χ3n) is 6.37. The van der Waals surface area contributed by atoms with Crippen LogP contribution in [0.25, 0.3) is 11.3 Å². The molecule has 1 saturated heterocycles. The number of aromatic amines is 1. The van der Waals surface area contributed by atoms with E-state index in [1.54, 1.807) is 0 Å². The normalized spacial score (nSPS) is 19.8. The van der Waals surface area contributed by atoms with Crippen LogP contribution < -0.4 is 4.74 Å². The second-order valence-corrected chi connectivity index (χ2v) is 9.07. The number of amides is 1. The van der Waals surface area contributed by atoms with Gasteiger partial charge < -0.3 is 14.4 Å². The molecule has 1 N–H and O–H groups in total. The summed E-state index contributed by atoms with van der Waals surface area (Å²) in [6.07, 6.45) is 4.18. The summed E-state index contributed by atoms with van der Waals surface area (Å²) in [6, 6.07) is 15.4. The number of halogens is 1. The first-order valence-corrected chi connectivity index (χ1v) is 12.0. The third kappa shape index (κ3) is 4.37. The van der Waals surface area contributed by atoms with E-state index in [0.717, 1.165) is 60.4 Å². The summed E-state index contributed by atoms with van der Waals surface area (Å²) in [5.74, 6) is 0.800. The van der Waals surface area contributed by atoms with Crippen LogP contribution in [0.4, 0.5) is 0 Å². The Morgan fingerprint density at radius 1 is 1.18 bits per heavy atom. The number of fused-ring (bicyclic) bond motifs is 1. The largest absolute Gasteiger partial charge is 0.494 e. The molecule has 1 aromatic heterocycles. The highest BCUT2D eigenvalue weighted by Gasteiger charge is 2.43. The van der Waals surface area contributed by atoms with Crippen LogP contribution in [0.15, 0.2) is 48.5 Å². The highest BCUT2D eigenvalue weighted by molar-refractivity contribution is 6.30. The topological polar surface area (TPSA) is 67.5 Å². The van der Waals surface area contributed by atoms with Gasteiger partial charge in [0.1, 0.15) is 11.4 Å². The number of hydrogen-bond acceptors (Lipinski definition) is 4. The molecule has 2 unspecified atom stereocenters. The molecule has 2 atom stereocenters. The Kier molecular flexibility index (Phi) is 6.38. The van der Waals surface area contributed by atoms with Gasteiger partial charge in [0.2, 0.25) is 0 Å². The van der Waals surface area contributed by atoms with Gasteiger partial charge in [0, 0.05) is 29.3 Å². The molecule has 2 aliphatic heterocycles. The number of nitrogens with zero attached hydrogens (tertiary/aromatic N) is 2. The minimum Gasteiger partial charge on any atom is -0.494 e. The summed E-state index contributed by atoms with van der Waals surface area (Å²) in [7, 11) is 0. The molecule has 2 aromatic carbocycles. The lowest BCUT2D eigenvalue weighted by Gasteiger charge is -2.28. The van der Waals surface area contributed by atoms with Crippen LogP contribution in [-0.4, -0.2) is 46.9 Å². The number of hydrogen-bond donors (Lipinski definition) is 1. The van der Waals surface area contributed by atoms with E-state index >= 15 is 0 Å². The Balaban J connectivity index is 1.52. The molecule has 33 heavy (non-hydrogen) atoms. The molecule has 1 fully saturated rings. The fraction of sp³-hybridized carbons (Fsp3) is 0.385. The summed E-state index contributed by atoms with van der Waals surface area (Å²) < 4.78 is 11.7. The van der Waals surface area contributed by atoms with Crippen LogP contribution in [-0.2, 0) is 4.74 Å². The van der Waals surface area contributed by atoms with Gasteiger partial charge in [0.25, 0.3) is 5.91 Å². The van der Waals surface area contributed by atoms with E-state index < -0.39 is 0 Å². The zero-order chi connectivity index (χ0) is 22.8. The molecule has 0 bridgehead atoms. The van der Waals surface area contributed by atoms with E-state index in [0.29, 0.717) is 23.9 Å². The van der Waals surface area contributed by atoms with Crippen LogP contribution in [0.2, 0.25) is 5.02 Å². The molecule has 3 aromatic rings. The molecule has 6 nitrogen and oxygen atoms in total. The first kappa shape index (κ1) is 22.0. The molecule has 0 spiro atoms. The molecule has 0 saturated carbocycles. The lowest BCUT2D eigenvalue weighted by Crippen LogP contribution is -2.36. The fourth-order valence-electron chi connectivity index (χ4n) is 4.65. The van der Waals surface area contributed by atoms with Crippen molar-refractivity contribution in [2.45, 2.75) is 44.8 Å². The first-order chi connectivity index (χ1) is 16.2. The van der Waals surface area contributed by atoms with Crippen molar-refractivity contribution < 1.29 is 14.3 Å². The van der Waals surface area contributed by atoms with Crippen LogP contribution in [0.1, 0.15) is 60.3 Å². The minimum absolute atomic E-state index is 0.0403. The Morgan fingerprint density at radius 2 is 1.97 bits per heavy atom. The summed E-state index contributed by atoms with van der Waals surface area (Å²) in [5.41, 5.74) is 4.18. The quantitative estimate of drug-likeness (QED) is 0.437. The second kappa shape index (κ2) is 9.57. The summed E-state index contributed by atoms with van der Waals surface area (Å²) >= 11 is 6.10. The number of carbonyl (C=O) groups is 1. The molecule has 3 heterocycles. The molecule has 5 rings (SSSR count). The van der Waals surface area contributed by atoms with Crippen LogP contribution in [0, 0.1) is 0 Å². The standard InChI is InChI=1S/C26H28ClN3O3/c1-2-3-14-32-20-12-8-18(9-13-20)25-22-23(17-6-10-19(27)11-7-17)28-29-24(22)26(31)30(25)16-21-5-4-15-33-21/h6-13,21,25H,2-5,14-16H2,1H3,(H,28,29). The predicted octanol–water partition coefficient (Wildman–Crippen LogP) is 5.63. The molecular weight excluding hydrogens is 438 g/mol. The van der Waals surface area contributed by atoms with Gasteiger partial charge in [0.05, 0.1) is 24.4 Å². The number of aromatic nitrogens is 2. The number of benzene rings is 2. The van der Waals surface area contributed by atoms with Crippen molar-refractivity contribution in [3.63, 3.8) is 0 Å². The van der Waals surface area contributed by atoms with Crippen molar-refractivity contribution in [1.29, 1.82) is 0 Å². The van der Waals surface area contributed by atoms with Gasteiger partial charge in [-0.25, -0.2) is 0 Å². The van der Waals surface area contributed by atoms with Crippen molar-refractivity contribution in [3.05, 3.63) is 70.4 Å². The van der Waals surface area contributed by atoms with E-state index in [1.165, 1.54) is 0 Å². The van der Waals surface area contributed by atoms with Crippen molar-refractivity contribution in [3.8, 4) is 17.0 Å². The first-order valence-electron chi connectivity index (χ1n) is 11.6. The maximum absolute atomic E-state index is 13.5. The van der Waals surface area contributed by atoms with Crippen molar-refractivity contribution >= 4 is 17.5 Å². The summed E-state index contributed by atoms with van der Waals surface area (Å²) in [5, 5.41) is 8.20. The Bertz CT molecular complexity index is 1100. The zero-order valence-corrected chi connectivity index (χ0v) is 19.5. The monoisotopic (exact) mass is 465 g/mol. The van der Waals surface area contributed by atoms with Gasteiger partial charge in [-0.3, -0.25) is 9.89 Å². The average molecular weight is 466 g/mol. The van der Waals surface area contributed by atoms with Crippen LogP contribution in [0.5, 0.6) is 5.75 Å². The molecule has 1 amide bonds. The van der Waals surface area contributed by atoms with Gasteiger partial charge in [-0.2, -0.15) is 5.10 Å². The van der Waals surface area contributed by atoms with Gasteiger partial charge >= 0.3 is 0 Å². The van der Waals surface area contributed by atoms with Crippen molar-refractivity contribution in [2.24, 2.45) is 0 Å². The highest BCUT2D eigenvalue weighted by Crippen LogP contribution is 2.43. The predicted molar refractivity (Wildman–Crippen MR) is 128 cm³/mol. The van der Waals surface area contributed by atoms with Gasteiger partial charge in [-0.15, -0.1) is 0 Å². The number of unbranched alkanes of at least 4 members (excludes halogenated alkanes) is 1. The molecule has 172 valence electrons. The molecule has 0 aliphatic carbocycles. The lowest BCUT2D eigenvalue weighted by molar-refractivity contribution is 0.0495. The van der Waals surface area contributed by atoms with E-state index in [9.17, 15) is 4.79 Å². The number of rotatable bonds is 8. The number of H-pyrrole nitrogens is 1. The van der Waals surface area contributed by atoms with Crippen LogP contribution in [0.3, 0.4) is 0 Å². The molecular formula is C26H28ClN3O3. The fourth-order valence-corrected chi connectivity index (χ4v) is 4.77. The average Bonchev–Trinajstić information content (AvgIpc) is 3.55. The second-order valence-electron chi connectivity index (χ2n) is 8.63. The SMILES string of the molecule is CCCCOc1ccc(C2c3c(-c4ccc(Cl)cc4)n[nH]c3C(=O)N2CC2CCCO2)cc1. The van der Waals surface area contributed by atoms with Crippen molar-refractivity contribution in [1.82, 2.24) is 15.1 Å². The number of carbonyl (C=O) groups excluding carboxylic acids is 1.